The molecule has 0 aromatic heterocycles. The van der Waals surface area contributed by atoms with E-state index in [-0.39, 0.29) is 5.97 Å². The molecule has 0 N–H and O–H groups in total. The van der Waals surface area contributed by atoms with Gasteiger partial charge >= 0.3 is 5.97 Å². The van der Waals surface area contributed by atoms with Crippen LogP contribution < -0.4 is 4.90 Å². The minimum absolute atomic E-state index is 0.114. The summed E-state index contributed by atoms with van der Waals surface area (Å²) in [6.45, 7) is 4.56. The van der Waals surface area contributed by atoms with Crippen LogP contribution in [0.3, 0.4) is 0 Å². The number of anilines is 1. The lowest BCUT2D eigenvalue weighted by atomic mass is 10.1. The summed E-state index contributed by atoms with van der Waals surface area (Å²) < 4.78 is 5.30. The maximum absolute atomic E-state index is 11.6. The number of carbonyl (C=O) groups is 1. The van der Waals surface area contributed by atoms with Gasteiger partial charge in [0, 0.05) is 31.8 Å². The summed E-state index contributed by atoms with van der Waals surface area (Å²) in [5.41, 5.74) is 2.13. The minimum atomic E-state index is -0.114. The Kier molecular flexibility index (Phi) is 5.69. The molecule has 0 aliphatic rings. The topological polar surface area (TPSA) is 29.5 Å². The molecule has 1 aromatic rings. The van der Waals surface area contributed by atoms with Crippen molar-refractivity contribution < 1.29 is 9.53 Å². The fraction of sp³-hybridized carbons (Fsp3) is 0.533. The third-order valence-corrected chi connectivity index (χ3v) is 2.79. The summed E-state index contributed by atoms with van der Waals surface area (Å²) >= 11 is 0. The van der Waals surface area contributed by atoms with E-state index in [1.165, 1.54) is 0 Å². The Bertz CT molecular complexity index is 386. The van der Waals surface area contributed by atoms with Crippen LogP contribution in [0.1, 0.15) is 32.3 Å². The number of para-hydroxylation sites is 1. The van der Waals surface area contributed by atoms with Gasteiger partial charge in [-0.05, 0) is 18.4 Å². The first-order chi connectivity index (χ1) is 8.50. The lowest BCUT2D eigenvalue weighted by molar-refractivity contribution is -0.145. The zero-order valence-electron chi connectivity index (χ0n) is 11.8. The van der Waals surface area contributed by atoms with Crippen molar-refractivity contribution in [3.8, 4) is 0 Å². The Labute approximate surface area is 110 Å². The summed E-state index contributed by atoms with van der Waals surface area (Å²) in [5, 5.41) is 0. The van der Waals surface area contributed by atoms with Crippen molar-refractivity contribution in [1.82, 2.24) is 0 Å². The van der Waals surface area contributed by atoms with E-state index in [0.717, 1.165) is 17.7 Å². The van der Waals surface area contributed by atoms with Crippen LogP contribution in [0.5, 0.6) is 0 Å². The van der Waals surface area contributed by atoms with Crippen molar-refractivity contribution in [2.75, 3.05) is 19.0 Å². The van der Waals surface area contributed by atoms with Gasteiger partial charge in [-0.25, -0.2) is 0 Å². The number of esters is 1. The number of rotatable bonds is 6. The maximum atomic E-state index is 11.6. The zero-order chi connectivity index (χ0) is 13.5. The molecule has 1 rings (SSSR count). The van der Waals surface area contributed by atoms with Gasteiger partial charge in [-0.1, -0.05) is 32.0 Å². The van der Waals surface area contributed by atoms with Crippen LogP contribution in [-0.4, -0.2) is 20.1 Å². The Hall–Kier alpha value is -1.51. The Morgan fingerprint density at radius 3 is 2.56 bits per heavy atom. The zero-order valence-corrected chi connectivity index (χ0v) is 11.8. The molecule has 3 heteroatoms. The monoisotopic (exact) mass is 249 g/mol. The molecule has 0 fully saturated rings. The Morgan fingerprint density at radius 1 is 1.28 bits per heavy atom. The van der Waals surface area contributed by atoms with Crippen molar-refractivity contribution in [1.29, 1.82) is 0 Å². The Balaban J connectivity index is 2.50. The van der Waals surface area contributed by atoms with Crippen LogP contribution in [0.25, 0.3) is 0 Å². The van der Waals surface area contributed by atoms with E-state index in [1.54, 1.807) is 0 Å². The van der Waals surface area contributed by atoms with Crippen LogP contribution in [-0.2, 0) is 16.1 Å². The average Bonchev–Trinajstić information content (AvgIpc) is 2.34. The van der Waals surface area contributed by atoms with Crippen molar-refractivity contribution in [3.05, 3.63) is 29.8 Å². The van der Waals surface area contributed by atoms with E-state index >= 15 is 0 Å². The van der Waals surface area contributed by atoms with E-state index in [0.29, 0.717) is 18.9 Å². The SMILES string of the molecule is CC(C)CCC(=O)OCc1ccccc1N(C)C. The van der Waals surface area contributed by atoms with Gasteiger partial charge in [0.15, 0.2) is 0 Å². The smallest absolute Gasteiger partial charge is 0.306 e. The predicted octanol–water partition coefficient (Wildman–Crippen LogP) is 3.23. The molecule has 0 aliphatic carbocycles. The van der Waals surface area contributed by atoms with E-state index in [1.807, 2.05) is 43.3 Å². The van der Waals surface area contributed by atoms with Crippen LogP contribution in [0, 0.1) is 5.92 Å². The Morgan fingerprint density at radius 2 is 1.94 bits per heavy atom. The number of ether oxygens (including phenoxy) is 1. The first-order valence-electron chi connectivity index (χ1n) is 6.41. The highest BCUT2D eigenvalue weighted by molar-refractivity contribution is 5.69. The van der Waals surface area contributed by atoms with Gasteiger partial charge in [-0.15, -0.1) is 0 Å². The molecule has 0 aliphatic heterocycles. The van der Waals surface area contributed by atoms with Crippen LogP contribution in [0.15, 0.2) is 24.3 Å². The second kappa shape index (κ2) is 7.04. The molecular formula is C15H23NO2. The molecule has 0 bridgehead atoms. The number of nitrogens with zero attached hydrogens (tertiary/aromatic N) is 1. The number of hydrogen-bond acceptors (Lipinski definition) is 3. The fourth-order valence-electron chi connectivity index (χ4n) is 1.71. The third-order valence-electron chi connectivity index (χ3n) is 2.79. The molecule has 3 nitrogen and oxygen atoms in total. The van der Waals surface area contributed by atoms with E-state index in [2.05, 4.69) is 13.8 Å². The third kappa shape index (κ3) is 4.78. The van der Waals surface area contributed by atoms with Crippen LogP contribution in [0.2, 0.25) is 0 Å². The molecular weight excluding hydrogens is 226 g/mol. The number of hydrogen-bond donors (Lipinski definition) is 0. The largest absolute Gasteiger partial charge is 0.461 e. The first-order valence-corrected chi connectivity index (χ1v) is 6.41. The maximum Gasteiger partial charge on any atom is 0.306 e. The molecule has 0 atom stereocenters. The summed E-state index contributed by atoms with van der Waals surface area (Å²) in [6, 6.07) is 7.96. The summed E-state index contributed by atoms with van der Waals surface area (Å²) in [6.07, 6.45) is 1.38. The summed E-state index contributed by atoms with van der Waals surface area (Å²) in [7, 11) is 3.97. The van der Waals surface area contributed by atoms with Crippen molar-refractivity contribution in [2.24, 2.45) is 5.92 Å². The molecule has 1 aromatic carbocycles. The second-order valence-electron chi connectivity index (χ2n) is 5.12. The van der Waals surface area contributed by atoms with Crippen molar-refractivity contribution in [2.45, 2.75) is 33.3 Å². The highest BCUT2D eigenvalue weighted by Crippen LogP contribution is 2.19. The normalized spacial score (nSPS) is 10.5. The van der Waals surface area contributed by atoms with Gasteiger partial charge in [0.05, 0.1) is 0 Å². The van der Waals surface area contributed by atoms with E-state index < -0.39 is 0 Å². The van der Waals surface area contributed by atoms with Gasteiger partial charge in [0.25, 0.3) is 0 Å². The fourth-order valence-corrected chi connectivity index (χ4v) is 1.71. The molecule has 0 radical (unpaired) electrons. The highest BCUT2D eigenvalue weighted by Gasteiger charge is 2.08. The number of benzene rings is 1. The predicted molar refractivity (Wildman–Crippen MR) is 74.6 cm³/mol. The van der Waals surface area contributed by atoms with Crippen LogP contribution >= 0.6 is 0 Å². The minimum Gasteiger partial charge on any atom is -0.461 e. The molecule has 0 saturated heterocycles. The second-order valence-corrected chi connectivity index (χ2v) is 5.12. The highest BCUT2D eigenvalue weighted by atomic mass is 16.5. The molecule has 0 spiro atoms. The van der Waals surface area contributed by atoms with Gasteiger partial charge < -0.3 is 9.64 Å². The van der Waals surface area contributed by atoms with Crippen molar-refractivity contribution in [3.63, 3.8) is 0 Å². The average molecular weight is 249 g/mol. The quantitative estimate of drug-likeness (QED) is 0.725. The van der Waals surface area contributed by atoms with Gasteiger partial charge in [-0.2, -0.15) is 0 Å². The molecule has 100 valence electrons. The van der Waals surface area contributed by atoms with Gasteiger partial charge in [-0.3, -0.25) is 4.79 Å². The lowest BCUT2D eigenvalue weighted by Crippen LogP contribution is -2.13. The number of carbonyl (C=O) groups excluding carboxylic acids is 1. The van der Waals surface area contributed by atoms with Crippen molar-refractivity contribution >= 4 is 11.7 Å². The van der Waals surface area contributed by atoms with E-state index in [9.17, 15) is 4.79 Å². The van der Waals surface area contributed by atoms with Gasteiger partial charge in [0.1, 0.15) is 6.61 Å². The lowest BCUT2D eigenvalue weighted by Gasteiger charge is -2.17. The first kappa shape index (κ1) is 14.6. The van der Waals surface area contributed by atoms with Gasteiger partial charge in [0.2, 0.25) is 0 Å². The van der Waals surface area contributed by atoms with E-state index in [4.69, 9.17) is 4.74 Å². The molecule has 0 saturated carbocycles. The molecule has 18 heavy (non-hydrogen) atoms. The molecule has 0 unspecified atom stereocenters. The molecule has 0 heterocycles. The summed E-state index contributed by atoms with van der Waals surface area (Å²) in [5.74, 6) is 0.420. The van der Waals surface area contributed by atoms with Crippen LogP contribution in [0.4, 0.5) is 5.69 Å². The summed E-state index contributed by atoms with van der Waals surface area (Å²) in [4.78, 5) is 13.6. The standard InChI is InChI=1S/C15H23NO2/c1-12(2)9-10-15(17)18-11-13-7-5-6-8-14(13)16(3)4/h5-8,12H,9-11H2,1-4H3. The molecule has 0 amide bonds.